The van der Waals surface area contributed by atoms with Gasteiger partial charge in [0, 0.05) is 28.3 Å². The lowest BCUT2D eigenvalue weighted by Gasteiger charge is -2.47. The van der Waals surface area contributed by atoms with Crippen LogP contribution in [0.1, 0.15) is 30.6 Å². The van der Waals surface area contributed by atoms with Crippen LogP contribution < -0.4 is 20.8 Å². The van der Waals surface area contributed by atoms with Crippen molar-refractivity contribution in [1.29, 1.82) is 0 Å². The third kappa shape index (κ3) is 4.11. The SMILES string of the molecule is CC(O)C1C(=O)N2C(C(=O)[O-])=C(SC3CNC(C(=O)Nc4cccc(C(=O)[O-])c4)C3)C(C)C12. The van der Waals surface area contributed by atoms with E-state index < -0.39 is 42.0 Å². The summed E-state index contributed by atoms with van der Waals surface area (Å²) in [7, 11) is 0. The van der Waals surface area contributed by atoms with Crippen LogP contribution in [0.2, 0.25) is 0 Å². The minimum absolute atomic E-state index is 0.0488. The minimum Gasteiger partial charge on any atom is -0.545 e. The lowest BCUT2D eigenvalue weighted by Crippen LogP contribution is -2.64. The van der Waals surface area contributed by atoms with Crippen molar-refractivity contribution in [3.8, 4) is 0 Å². The molecule has 1 aromatic carbocycles. The zero-order valence-corrected chi connectivity index (χ0v) is 18.8. The topological polar surface area (TPSA) is 162 Å². The molecule has 0 radical (unpaired) electrons. The predicted molar refractivity (Wildman–Crippen MR) is 114 cm³/mol. The van der Waals surface area contributed by atoms with E-state index in [1.165, 1.54) is 41.8 Å². The molecule has 176 valence electrons. The second-order valence-electron chi connectivity index (χ2n) is 8.55. The molecule has 2 fully saturated rings. The van der Waals surface area contributed by atoms with Crippen molar-refractivity contribution in [2.24, 2.45) is 11.8 Å². The van der Waals surface area contributed by atoms with Gasteiger partial charge in [-0.15, -0.1) is 11.8 Å². The van der Waals surface area contributed by atoms with Gasteiger partial charge in [-0.2, -0.15) is 0 Å². The Labute approximate surface area is 194 Å². The second kappa shape index (κ2) is 8.81. The number of carbonyl (C=O) groups is 4. The van der Waals surface area contributed by atoms with Crippen LogP contribution in [0.5, 0.6) is 0 Å². The van der Waals surface area contributed by atoms with Crippen molar-refractivity contribution in [3.63, 3.8) is 0 Å². The summed E-state index contributed by atoms with van der Waals surface area (Å²) in [6.45, 7) is 3.79. The molecule has 3 aliphatic heterocycles. The van der Waals surface area contributed by atoms with Crippen LogP contribution in [-0.2, 0) is 14.4 Å². The number of aliphatic hydroxyl groups excluding tert-OH is 1. The summed E-state index contributed by atoms with van der Waals surface area (Å²) in [6, 6.07) is 4.78. The number of benzene rings is 1. The first-order valence-corrected chi connectivity index (χ1v) is 11.5. The monoisotopic (exact) mass is 473 g/mol. The number of anilines is 1. The summed E-state index contributed by atoms with van der Waals surface area (Å²) in [4.78, 5) is 49.7. The average molecular weight is 474 g/mol. The van der Waals surface area contributed by atoms with Crippen LogP contribution in [-0.4, -0.2) is 63.7 Å². The van der Waals surface area contributed by atoms with Crippen LogP contribution in [0.3, 0.4) is 0 Å². The van der Waals surface area contributed by atoms with Crippen LogP contribution in [0.15, 0.2) is 34.9 Å². The Morgan fingerprint density at radius 1 is 1.27 bits per heavy atom. The Morgan fingerprint density at radius 3 is 2.64 bits per heavy atom. The number of amides is 2. The molecular weight excluding hydrogens is 450 g/mol. The smallest absolute Gasteiger partial charge is 0.241 e. The van der Waals surface area contributed by atoms with Crippen molar-refractivity contribution in [3.05, 3.63) is 40.4 Å². The Kier molecular flexibility index (Phi) is 6.21. The van der Waals surface area contributed by atoms with E-state index >= 15 is 0 Å². The summed E-state index contributed by atoms with van der Waals surface area (Å²) in [5.41, 5.74) is 0.136. The number of fused-ring (bicyclic) bond motifs is 1. The lowest BCUT2D eigenvalue weighted by atomic mass is 9.79. The predicted octanol–water partition coefficient (Wildman–Crippen LogP) is -1.73. The van der Waals surface area contributed by atoms with Gasteiger partial charge in [0.15, 0.2) is 0 Å². The average Bonchev–Trinajstić information content (AvgIpc) is 3.30. The second-order valence-corrected chi connectivity index (χ2v) is 9.89. The van der Waals surface area contributed by atoms with Gasteiger partial charge in [0.25, 0.3) is 0 Å². The number of aromatic carboxylic acids is 1. The Morgan fingerprint density at radius 2 is 2.00 bits per heavy atom. The third-order valence-electron chi connectivity index (χ3n) is 6.37. The summed E-state index contributed by atoms with van der Waals surface area (Å²) >= 11 is 1.31. The largest absolute Gasteiger partial charge is 0.545 e. The van der Waals surface area contributed by atoms with Crippen molar-refractivity contribution in [1.82, 2.24) is 10.2 Å². The van der Waals surface area contributed by atoms with Gasteiger partial charge >= 0.3 is 0 Å². The molecule has 11 heteroatoms. The Balaban J connectivity index is 1.43. The summed E-state index contributed by atoms with van der Waals surface area (Å²) in [6.07, 6.45) is -0.476. The quantitative estimate of drug-likeness (QED) is 0.391. The highest BCUT2D eigenvalue weighted by molar-refractivity contribution is 8.03. The number of β-lactam (4-membered cyclic amide) rings is 1. The molecule has 2 saturated heterocycles. The molecule has 6 unspecified atom stereocenters. The fourth-order valence-electron chi connectivity index (χ4n) is 4.79. The van der Waals surface area contributed by atoms with Crippen molar-refractivity contribution < 1.29 is 34.5 Å². The maximum atomic E-state index is 12.6. The molecule has 6 atom stereocenters. The third-order valence-corrected chi connectivity index (χ3v) is 7.88. The number of aliphatic hydroxyl groups is 1. The highest BCUT2D eigenvalue weighted by Gasteiger charge is 2.59. The maximum absolute atomic E-state index is 12.6. The van der Waals surface area contributed by atoms with Gasteiger partial charge in [-0.05, 0) is 31.0 Å². The van der Waals surface area contributed by atoms with E-state index in [2.05, 4.69) is 10.6 Å². The van der Waals surface area contributed by atoms with E-state index in [1.807, 2.05) is 6.92 Å². The van der Waals surface area contributed by atoms with E-state index in [-0.39, 0.29) is 28.3 Å². The molecule has 3 heterocycles. The molecule has 0 aromatic heterocycles. The molecule has 10 nitrogen and oxygen atoms in total. The first-order chi connectivity index (χ1) is 15.6. The van der Waals surface area contributed by atoms with Crippen molar-refractivity contribution in [2.45, 2.75) is 43.7 Å². The zero-order valence-electron chi connectivity index (χ0n) is 17.9. The number of aliphatic carboxylic acids is 1. The van der Waals surface area contributed by atoms with Gasteiger partial charge in [0.1, 0.15) is 0 Å². The number of nitrogens with zero attached hydrogens (tertiary/aromatic N) is 1. The highest BCUT2D eigenvalue weighted by atomic mass is 32.2. The van der Waals surface area contributed by atoms with Gasteiger partial charge in [0.05, 0.1) is 41.7 Å². The molecule has 3 N–H and O–H groups in total. The number of carboxylic acids is 2. The summed E-state index contributed by atoms with van der Waals surface area (Å²) in [5.74, 6) is -4.46. The molecule has 3 aliphatic rings. The molecule has 0 bridgehead atoms. The normalized spacial score (nSPS) is 29.5. The van der Waals surface area contributed by atoms with Crippen LogP contribution in [0, 0.1) is 11.8 Å². The van der Waals surface area contributed by atoms with Crippen molar-refractivity contribution >= 4 is 41.2 Å². The lowest BCUT2D eigenvalue weighted by molar-refractivity contribution is -0.301. The highest BCUT2D eigenvalue weighted by Crippen LogP contribution is 2.51. The van der Waals surface area contributed by atoms with Crippen LogP contribution in [0.4, 0.5) is 5.69 Å². The first kappa shape index (κ1) is 23.3. The number of nitrogens with one attached hydrogen (secondary N) is 2. The Hall–Kier alpha value is -2.89. The number of thioether (sulfide) groups is 1. The van der Waals surface area contributed by atoms with Crippen molar-refractivity contribution in [2.75, 3.05) is 11.9 Å². The number of carbonyl (C=O) groups excluding carboxylic acids is 4. The van der Waals surface area contributed by atoms with Gasteiger partial charge in [0.2, 0.25) is 11.8 Å². The van der Waals surface area contributed by atoms with Gasteiger partial charge in [-0.1, -0.05) is 19.1 Å². The molecule has 0 spiro atoms. The maximum Gasteiger partial charge on any atom is 0.241 e. The summed E-state index contributed by atoms with van der Waals surface area (Å²) in [5, 5.41) is 38.4. The first-order valence-electron chi connectivity index (χ1n) is 10.6. The molecule has 4 rings (SSSR count). The molecule has 0 saturated carbocycles. The molecule has 2 amide bonds. The molecule has 33 heavy (non-hydrogen) atoms. The number of hydrogen-bond acceptors (Lipinski definition) is 9. The minimum atomic E-state index is -1.43. The van der Waals surface area contributed by atoms with Crippen LogP contribution >= 0.6 is 11.8 Å². The standard InChI is InChI=1S/C22H25N3O7S/c1-9-16-15(10(2)26)20(28)25(16)17(22(31)32)18(9)33-13-7-14(23-8-13)19(27)24-12-5-3-4-11(6-12)21(29)30/h3-6,9-10,13-16,23,26H,7-8H2,1-2H3,(H,24,27)(H,29,30)(H,31,32)/p-2. The molecular formula is C22H23N3O7S-2. The van der Waals surface area contributed by atoms with Gasteiger partial charge < -0.3 is 40.4 Å². The van der Waals surface area contributed by atoms with Gasteiger partial charge in [-0.3, -0.25) is 9.59 Å². The zero-order chi connectivity index (χ0) is 24.0. The van der Waals surface area contributed by atoms with E-state index in [9.17, 15) is 34.5 Å². The Bertz CT molecular complexity index is 1060. The van der Waals surface area contributed by atoms with E-state index in [0.717, 1.165) is 0 Å². The molecule has 1 aromatic rings. The number of hydrogen-bond donors (Lipinski definition) is 3. The van der Waals surface area contributed by atoms with Gasteiger partial charge in [-0.25, -0.2) is 0 Å². The fraction of sp³-hybridized carbons (Fsp3) is 0.455. The summed E-state index contributed by atoms with van der Waals surface area (Å²) < 4.78 is 0. The fourth-order valence-corrected chi connectivity index (χ4v) is 6.27. The number of rotatable bonds is 7. The van der Waals surface area contributed by atoms with Crippen LogP contribution in [0.25, 0.3) is 0 Å². The number of carboxylic acid groups (broad SMARTS) is 2. The van der Waals surface area contributed by atoms with E-state index in [1.54, 1.807) is 6.07 Å². The molecule has 0 aliphatic carbocycles. The van der Waals surface area contributed by atoms with E-state index in [4.69, 9.17) is 0 Å². The van der Waals surface area contributed by atoms with E-state index in [0.29, 0.717) is 23.6 Å².